The van der Waals surface area contributed by atoms with Crippen LogP contribution in [0, 0.1) is 12.8 Å². The molecule has 3 nitrogen and oxygen atoms in total. The maximum Gasteiger partial charge on any atom is 0.223 e. The van der Waals surface area contributed by atoms with E-state index in [4.69, 9.17) is 0 Å². The molecular formula is C16H24N2O. The summed E-state index contributed by atoms with van der Waals surface area (Å²) in [7, 11) is 0. The first kappa shape index (κ1) is 14.1. The van der Waals surface area contributed by atoms with Gasteiger partial charge in [0.15, 0.2) is 0 Å². The quantitative estimate of drug-likeness (QED) is 0.871. The average molecular weight is 260 g/mol. The zero-order valence-corrected chi connectivity index (χ0v) is 11.9. The zero-order chi connectivity index (χ0) is 13.7. The number of amides is 1. The van der Waals surface area contributed by atoms with Crippen LogP contribution < -0.4 is 10.6 Å². The third-order valence-corrected chi connectivity index (χ3v) is 3.94. The van der Waals surface area contributed by atoms with Gasteiger partial charge in [0.05, 0.1) is 0 Å². The predicted molar refractivity (Wildman–Crippen MR) is 78.2 cm³/mol. The SMILES string of the molecule is Cc1ccc(C(C)CNC(=O)C2CCNCC2)cc1. The fourth-order valence-corrected chi connectivity index (χ4v) is 2.49. The van der Waals surface area contributed by atoms with Gasteiger partial charge in [0.2, 0.25) is 5.91 Å². The van der Waals surface area contributed by atoms with Crippen molar-refractivity contribution in [2.24, 2.45) is 5.92 Å². The fraction of sp³-hybridized carbons (Fsp3) is 0.562. The highest BCUT2D eigenvalue weighted by Crippen LogP contribution is 2.16. The van der Waals surface area contributed by atoms with Crippen molar-refractivity contribution in [3.63, 3.8) is 0 Å². The van der Waals surface area contributed by atoms with E-state index < -0.39 is 0 Å². The molecule has 1 amide bonds. The second-order valence-corrected chi connectivity index (χ2v) is 5.58. The lowest BCUT2D eigenvalue weighted by Gasteiger charge is -2.22. The molecule has 1 unspecified atom stereocenters. The van der Waals surface area contributed by atoms with E-state index in [0.29, 0.717) is 5.92 Å². The fourth-order valence-electron chi connectivity index (χ4n) is 2.49. The number of rotatable bonds is 4. The Labute approximate surface area is 115 Å². The van der Waals surface area contributed by atoms with Crippen molar-refractivity contribution < 1.29 is 4.79 Å². The molecule has 104 valence electrons. The first-order chi connectivity index (χ1) is 9.16. The minimum atomic E-state index is 0.200. The average Bonchev–Trinajstić information content (AvgIpc) is 2.46. The van der Waals surface area contributed by atoms with Crippen molar-refractivity contribution >= 4 is 5.91 Å². The van der Waals surface area contributed by atoms with E-state index in [-0.39, 0.29) is 11.8 Å². The van der Waals surface area contributed by atoms with Crippen LogP contribution in [0.4, 0.5) is 0 Å². The first-order valence-corrected chi connectivity index (χ1v) is 7.22. The third kappa shape index (κ3) is 4.06. The molecule has 1 aromatic rings. The van der Waals surface area contributed by atoms with E-state index >= 15 is 0 Å². The molecule has 1 aromatic carbocycles. The molecule has 0 spiro atoms. The number of nitrogens with one attached hydrogen (secondary N) is 2. The summed E-state index contributed by atoms with van der Waals surface area (Å²) in [5.41, 5.74) is 2.56. The number of carbonyl (C=O) groups excluding carboxylic acids is 1. The van der Waals surface area contributed by atoms with Gasteiger partial charge in [0.25, 0.3) is 0 Å². The van der Waals surface area contributed by atoms with Crippen LogP contribution in [0.3, 0.4) is 0 Å². The summed E-state index contributed by atoms with van der Waals surface area (Å²) in [6.07, 6.45) is 1.93. The lowest BCUT2D eigenvalue weighted by Crippen LogP contribution is -2.39. The second kappa shape index (κ2) is 6.71. The Morgan fingerprint density at radius 2 is 1.95 bits per heavy atom. The van der Waals surface area contributed by atoms with E-state index in [9.17, 15) is 4.79 Å². The highest BCUT2D eigenvalue weighted by Gasteiger charge is 2.20. The summed E-state index contributed by atoms with van der Waals surface area (Å²) in [6.45, 7) is 6.91. The molecule has 0 bridgehead atoms. The monoisotopic (exact) mass is 260 g/mol. The van der Waals surface area contributed by atoms with Crippen LogP contribution in [-0.2, 0) is 4.79 Å². The molecule has 1 fully saturated rings. The molecule has 0 aromatic heterocycles. The van der Waals surface area contributed by atoms with Crippen LogP contribution in [0.25, 0.3) is 0 Å². The molecule has 1 saturated heterocycles. The summed E-state index contributed by atoms with van der Waals surface area (Å²) >= 11 is 0. The number of benzene rings is 1. The minimum Gasteiger partial charge on any atom is -0.355 e. The molecule has 1 atom stereocenters. The van der Waals surface area contributed by atoms with Gasteiger partial charge in [-0.3, -0.25) is 4.79 Å². The van der Waals surface area contributed by atoms with Crippen LogP contribution in [-0.4, -0.2) is 25.5 Å². The Kier molecular flexibility index (Phi) is 4.97. The maximum atomic E-state index is 12.0. The lowest BCUT2D eigenvalue weighted by molar-refractivity contribution is -0.125. The van der Waals surface area contributed by atoms with Crippen molar-refractivity contribution in [2.45, 2.75) is 32.6 Å². The molecule has 0 saturated carbocycles. The standard InChI is InChI=1S/C16H24N2O/c1-12-3-5-14(6-4-12)13(2)11-18-16(19)15-7-9-17-10-8-15/h3-6,13,15,17H,7-11H2,1-2H3,(H,18,19). The van der Waals surface area contributed by atoms with E-state index in [1.54, 1.807) is 0 Å². The van der Waals surface area contributed by atoms with Crippen LogP contribution in [0.2, 0.25) is 0 Å². The number of aryl methyl sites for hydroxylation is 1. The third-order valence-electron chi connectivity index (χ3n) is 3.94. The van der Waals surface area contributed by atoms with Gasteiger partial charge in [-0.25, -0.2) is 0 Å². The van der Waals surface area contributed by atoms with Crippen molar-refractivity contribution in [1.82, 2.24) is 10.6 Å². The number of hydrogen-bond donors (Lipinski definition) is 2. The van der Waals surface area contributed by atoms with E-state index in [1.807, 2.05) is 0 Å². The Hall–Kier alpha value is -1.35. The molecule has 3 heteroatoms. The summed E-state index contributed by atoms with van der Waals surface area (Å²) in [5, 5.41) is 6.38. The van der Waals surface area contributed by atoms with Crippen LogP contribution in [0.1, 0.15) is 36.8 Å². The molecule has 2 N–H and O–H groups in total. The van der Waals surface area contributed by atoms with Gasteiger partial charge >= 0.3 is 0 Å². The van der Waals surface area contributed by atoms with Crippen LogP contribution in [0.5, 0.6) is 0 Å². The Bertz CT molecular complexity index is 407. The highest BCUT2D eigenvalue weighted by molar-refractivity contribution is 5.78. The maximum absolute atomic E-state index is 12.0. The molecule has 1 aliphatic heterocycles. The Morgan fingerprint density at radius 3 is 2.58 bits per heavy atom. The number of piperidine rings is 1. The smallest absolute Gasteiger partial charge is 0.223 e. The van der Waals surface area contributed by atoms with Gasteiger partial charge < -0.3 is 10.6 Å². The Balaban J connectivity index is 1.80. The molecule has 2 rings (SSSR count). The van der Waals surface area contributed by atoms with Gasteiger partial charge in [0, 0.05) is 12.5 Å². The largest absolute Gasteiger partial charge is 0.355 e. The van der Waals surface area contributed by atoms with Gasteiger partial charge in [-0.1, -0.05) is 36.8 Å². The lowest BCUT2D eigenvalue weighted by atomic mass is 9.96. The minimum absolute atomic E-state index is 0.200. The topological polar surface area (TPSA) is 41.1 Å². The highest BCUT2D eigenvalue weighted by atomic mass is 16.1. The van der Waals surface area contributed by atoms with Gasteiger partial charge in [-0.05, 0) is 44.3 Å². The summed E-state index contributed by atoms with van der Waals surface area (Å²) in [6, 6.07) is 8.55. The zero-order valence-electron chi connectivity index (χ0n) is 11.9. The number of carbonyl (C=O) groups is 1. The van der Waals surface area contributed by atoms with Gasteiger partial charge in [-0.15, -0.1) is 0 Å². The molecule has 0 aliphatic carbocycles. The molecular weight excluding hydrogens is 236 g/mol. The summed E-state index contributed by atoms with van der Waals surface area (Å²) in [5.74, 6) is 0.790. The molecule has 1 aliphatic rings. The van der Waals surface area contributed by atoms with Gasteiger partial charge in [0.1, 0.15) is 0 Å². The van der Waals surface area contributed by atoms with Crippen molar-refractivity contribution in [1.29, 1.82) is 0 Å². The molecule has 1 heterocycles. The first-order valence-electron chi connectivity index (χ1n) is 7.22. The van der Waals surface area contributed by atoms with Crippen LogP contribution in [0.15, 0.2) is 24.3 Å². The van der Waals surface area contributed by atoms with E-state index in [1.165, 1.54) is 11.1 Å². The summed E-state index contributed by atoms with van der Waals surface area (Å²) < 4.78 is 0. The van der Waals surface area contributed by atoms with Crippen LogP contribution >= 0.6 is 0 Å². The normalized spacial score (nSPS) is 18.0. The summed E-state index contributed by atoms with van der Waals surface area (Å²) in [4.78, 5) is 12.0. The number of hydrogen-bond acceptors (Lipinski definition) is 2. The van der Waals surface area contributed by atoms with Crippen molar-refractivity contribution in [2.75, 3.05) is 19.6 Å². The van der Waals surface area contributed by atoms with E-state index in [2.05, 4.69) is 48.7 Å². The molecule has 0 radical (unpaired) electrons. The van der Waals surface area contributed by atoms with Crippen molar-refractivity contribution in [3.05, 3.63) is 35.4 Å². The predicted octanol–water partition coefficient (Wildman–Crippen LogP) is 2.21. The van der Waals surface area contributed by atoms with Crippen molar-refractivity contribution in [3.8, 4) is 0 Å². The Morgan fingerprint density at radius 1 is 1.32 bits per heavy atom. The van der Waals surface area contributed by atoms with Gasteiger partial charge in [-0.2, -0.15) is 0 Å². The second-order valence-electron chi connectivity index (χ2n) is 5.58. The molecule has 19 heavy (non-hydrogen) atoms. The van der Waals surface area contributed by atoms with E-state index in [0.717, 1.165) is 32.5 Å².